The molecule has 2 saturated heterocycles. The number of fused-ring (bicyclic) bond motifs is 1. The van der Waals surface area contributed by atoms with Crippen LogP contribution in [0.3, 0.4) is 0 Å². The molecular weight excluding hydrogens is 621 g/mol. The standard InChI is InChI=1S/C33H39Cl2N3O7/c1-20-33(31(42)43-5)18-22(15-28(39)36-10-12-37(13-11-36)30(41)25-7-6-14-44-25)29(40)38(19-21-8-9-23(34)16-24(21)35)26(33)17-27(45-20)32(2,3)4/h6-9,14,16-17,20,22,27H,10-13,15,18-19H2,1-5H3/t20-,22+,27-,33+/m1/s1. The largest absolute Gasteiger partial charge is 0.468 e. The summed E-state index contributed by atoms with van der Waals surface area (Å²) in [6.07, 6.45) is 2.19. The Labute approximate surface area is 273 Å². The summed E-state index contributed by atoms with van der Waals surface area (Å²) in [6.45, 7) is 9.28. The zero-order chi connectivity index (χ0) is 32.7. The van der Waals surface area contributed by atoms with Crippen molar-refractivity contribution in [1.82, 2.24) is 14.7 Å². The lowest BCUT2D eigenvalue weighted by molar-refractivity contribution is -0.180. The van der Waals surface area contributed by atoms with Crippen LogP contribution >= 0.6 is 23.2 Å². The highest BCUT2D eigenvalue weighted by atomic mass is 35.5. The van der Waals surface area contributed by atoms with Gasteiger partial charge in [-0.1, -0.05) is 50.0 Å². The predicted molar refractivity (Wildman–Crippen MR) is 167 cm³/mol. The second kappa shape index (κ2) is 12.8. The molecule has 1 aromatic heterocycles. The topological polar surface area (TPSA) is 110 Å². The third-order valence-electron chi connectivity index (χ3n) is 9.10. The molecular formula is C33H39Cl2N3O7. The Bertz CT molecular complexity index is 1490. The average molecular weight is 661 g/mol. The number of rotatable bonds is 6. The van der Waals surface area contributed by atoms with Crippen molar-refractivity contribution in [2.45, 2.75) is 59.3 Å². The van der Waals surface area contributed by atoms with Crippen molar-refractivity contribution in [2.75, 3.05) is 33.3 Å². The number of piperidine rings is 1. The first-order chi connectivity index (χ1) is 21.3. The van der Waals surface area contributed by atoms with Gasteiger partial charge >= 0.3 is 5.97 Å². The monoisotopic (exact) mass is 659 g/mol. The number of halogens is 2. The van der Waals surface area contributed by atoms with Crippen molar-refractivity contribution in [2.24, 2.45) is 16.7 Å². The molecule has 0 bridgehead atoms. The zero-order valence-corrected chi connectivity index (χ0v) is 27.7. The quantitative estimate of drug-likeness (QED) is 0.393. The molecule has 0 spiro atoms. The highest BCUT2D eigenvalue weighted by Crippen LogP contribution is 2.52. The molecule has 3 aliphatic rings. The maximum Gasteiger partial charge on any atom is 0.320 e. The summed E-state index contributed by atoms with van der Waals surface area (Å²) < 4.78 is 17.1. The fourth-order valence-electron chi connectivity index (χ4n) is 6.48. The van der Waals surface area contributed by atoms with E-state index in [4.69, 9.17) is 37.1 Å². The van der Waals surface area contributed by atoms with Gasteiger partial charge in [0.15, 0.2) is 5.76 Å². The van der Waals surface area contributed by atoms with Crippen molar-refractivity contribution >= 4 is 46.9 Å². The number of likely N-dealkylation sites (tertiary alicyclic amines) is 1. The zero-order valence-electron chi connectivity index (χ0n) is 26.2. The molecule has 2 aromatic rings. The lowest BCUT2D eigenvalue weighted by Gasteiger charge is -2.53. The van der Waals surface area contributed by atoms with Gasteiger partial charge < -0.3 is 28.6 Å². The van der Waals surface area contributed by atoms with Gasteiger partial charge in [-0.05, 0) is 54.7 Å². The fraction of sp³-hybridized carbons (Fsp3) is 0.515. The highest BCUT2D eigenvalue weighted by molar-refractivity contribution is 6.35. The van der Waals surface area contributed by atoms with Crippen molar-refractivity contribution in [3.05, 3.63) is 69.7 Å². The third-order valence-corrected chi connectivity index (χ3v) is 9.69. The van der Waals surface area contributed by atoms with Gasteiger partial charge in [0.25, 0.3) is 5.91 Å². The second-order valence-electron chi connectivity index (χ2n) is 13.0. The number of ether oxygens (including phenoxy) is 2. The first-order valence-corrected chi connectivity index (χ1v) is 15.8. The van der Waals surface area contributed by atoms with Gasteiger partial charge in [0.1, 0.15) is 5.41 Å². The predicted octanol–water partition coefficient (Wildman–Crippen LogP) is 5.19. The number of carbonyl (C=O) groups excluding carboxylic acids is 4. The van der Waals surface area contributed by atoms with Crippen LogP contribution in [0, 0.1) is 16.7 Å². The van der Waals surface area contributed by atoms with Gasteiger partial charge in [0.05, 0.1) is 32.1 Å². The summed E-state index contributed by atoms with van der Waals surface area (Å²) in [5, 5.41) is 0.839. The fourth-order valence-corrected chi connectivity index (χ4v) is 6.95. The lowest BCUT2D eigenvalue weighted by atomic mass is 9.65. The van der Waals surface area contributed by atoms with Crippen LogP contribution in [0.1, 0.15) is 56.7 Å². The average Bonchev–Trinajstić information content (AvgIpc) is 3.54. The van der Waals surface area contributed by atoms with Gasteiger partial charge in [0.2, 0.25) is 11.8 Å². The number of nitrogens with zero attached hydrogens (tertiary/aromatic N) is 3. The Hall–Kier alpha value is -3.34. The summed E-state index contributed by atoms with van der Waals surface area (Å²) in [5.41, 5.74) is -0.519. The van der Waals surface area contributed by atoms with E-state index in [1.54, 1.807) is 45.0 Å². The van der Waals surface area contributed by atoms with Crippen LogP contribution in [0.25, 0.3) is 0 Å². The van der Waals surface area contributed by atoms with E-state index in [1.165, 1.54) is 13.4 Å². The molecule has 4 heterocycles. The molecule has 242 valence electrons. The van der Waals surface area contributed by atoms with Gasteiger partial charge in [0, 0.05) is 54.3 Å². The summed E-state index contributed by atoms with van der Waals surface area (Å²) in [6, 6.07) is 8.32. The van der Waals surface area contributed by atoms with Crippen molar-refractivity contribution in [3.8, 4) is 0 Å². The number of furan rings is 1. The van der Waals surface area contributed by atoms with Gasteiger partial charge in [-0.25, -0.2) is 0 Å². The molecule has 45 heavy (non-hydrogen) atoms. The van der Waals surface area contributed by atoms with Crippen molar-refractivity contribution < 1.29 is 33.1 Å². The molecule has 1 aromatic carbocycles. The summed E-state index contributed by atoms with van der Waals surface area (Å²) in [4.78, 5) is 59.4. The minimum atomic E-state index is -1.33. The molecule has 0 unspecified atom stereocenters. The number of hydrogen-bond acceptors (Lipinski definition) is 7. The highest BCUT2D eigenvalue weighted by Gasteiger charge is 2.60. The van der Waals surface area contributed by atoms with Gasteiger partial charge in [-0.2, -0.15) is 0 Å². The van der Waals surface area contributed by atoms with Crippen molar-refractivity contribution in [3.63, 3.8) is 0 Å². The van der Waals surface area contributed by atoms with Crippen LogP contribution in [-0.2, 0) is 30.4 Å². The number of methoxy groups -OCH3 is 1. The smallest absolute Gasteiger partial charge is 0.320 e. The number of hydrogen-bond donors (Lipinski definition) is 0. The Morgan fingerprint density at radius 3 is 2.36 bits per heavy atom. The van der Waals surface area contributed by atoms with E-state index in [0.717, 1.165) is 0 Å². The molecule has 10 nitrogen and oxygen atoms in total. The van der Waals surface area contributed by atoms with Gasteiger partial charge in [-0.15, -0.1) is 0 Å². The molecule has 4 atom stereocenters. The Balaban J connectivity index is 1.45. The maximum atomic E-state index is 14.4. The maximum absolute atomic E-state index is 14.4. The first kappa shape index (κ1) is 33.0. The minimum absolute atomic E-state index is 0.0515. The van der Waals surface area contributed by atoms with E-state index in [2.05, 4.69) is 0 Å². The molecule has 3 aliphatic heterocycles. The van der Waals surface area contributed by atoms with Crippen molar-refractivity contribution in [1.29, 1.82) is 0 Å². The van der Waals surface area contributed by atoms with Crippen LogP contribution in [0.15, 0.2) is 52.8 Å². The minimum Gasteiger partial charge on any atom is -0.468 e. The molecule has 0 saturated carbocycles. The van der Waals surface area contributed by atoms with Crippen LogP contribution in [-0.4, -0.2) is 83.9 Å². The van der Waals surface area contributed by atoms with E-state index in [1.807, 2.05) is 33.8 Å². The first-order valence-electron chi connectivity index (χ1n) is 15.1. The van der Waals surface area contributed by atoms with Crippen LogP contribution in [0.4, 0.5) is 0 Å². The third kappa shape index (κ3) is 6.37. The van der Waals surface area contributed by atoms with Crippen LogP contribution < -0.4 is 0 Å². The van der Waals surface area contributed by atoms with Crippen LogP contribution in [0.2, 0.25) is 10.0 Å². The number of carbonyl (C=O) groups is 4. The Morgan fingerprint density at radius 1 is 1.07 bits per heavy atom. The summed E-state index contributed by atoms with van der Waals surface area (Å²) in [7, 11) is 1.32. The molecule has 0 N–H and O–H groups in total. The van der Waals surface area contributed by atoms with E-state index in [0.29, 0.717) is 47.5 Å². The van der Waals surface area contributed by atoms with E-state index >= 15 is 0 Å². The summed E-state index contributed by atoms with van der Waals surface area (Å²) in [5.74, 6) is -1.86. The molecule has 2 fully saturated rings. The molecule has 0 radical (unpaired) electrons. The molecule has 3 amide bonds. The Morgan fingerprint density at radius 2 is 1.76 bits per heavy atom. The van der Waals surface area contributed by atoms with E-state index < -0.39 is 29.5 Å². The second-order valence-corrected chi connectivity index (χ2v) is 13.8. The molecule has 0 aliphatic carbocycles. The number of benzene rings is 1. The lowest BCUT2D eigenvalue weighted by Crippen LogP contribution is -2.61. The SMILES string of the molecule is COC(=O)[C@]12C[C@H](CC(=O)N3CCN(C(=O)c4ccco4)CC3)C(=O)N(Cc3ccc(Cl)cc3Cl)C1=C[C@H](C(C)(C)C)O[C@@H]2C. The van der Waals surface area contributed by atoms with E-state index in [-0.39, 0.29) is 48.3 Å². The van der Waals surface area contributed by atoms with E-state index in [9.17, 15) is 19.2 Å². The molecule has 12 heteroatoms. The number of esters is 1. The number of piperazine rings is 1. The number of amides is 3. The molecule has 5 rings (SSSR count). The Kier molecular flexibility index (Phi) is 9.40. The van der Waals surface area contributed by atoms with Gasteiger partial charge in [-0.3, -0.25) is 19.2 Å². The normalized spacial score (nSPS) is 25.5. The summed E-state index contributed by atoms with van der Waals surface area (Å²) >= 11 is 12.7. The van der Waals surface area contributed by atoms with Crippen LogP contribution in [0.5, 0.6) is 0 Å².